The van der Waals surface area contributed by atoms with Crippen molar-refractivity contribution in [1.29, 1.82) is 0 Å². The Labute approximate surface area is 105 Å². The maximum absolute atomic E-state index is 5.64. The first-order valence-corrected chi connectivity index (χ1v) is 6.49. The standard InChI is InChI=1S/C11H17N5S/c1-3-9-8(7-16(2)15-9)10(14-12)6-11-13-4-5-17-11/h4-5,7,10,14H,3,6,12H2,1-2H3. The first-order chi connectivity index (χ1) is 8.24. The van der Waals surface area contributed by atoms with E-state index in [0.29, 0.717) is 0 Å². The van der Waals surface area contributed by atoms with Crippen molar-refractivity contribution in [1.82, 2.24) is 20.2 Å². The third-order valence-corrected chi connectivity index (χ3v) is 3.51. The van der Waals surface area contributed by atoms with E-state index in [9.17, 15) is 0 Å². The van der Waals surface area contributed by atoms with E-state index >= 15 is 0 Å². The summed E-state index contributed by atoms with van der Waals surface area (Å²) in [6.07, 6.45) is 5.55. The van der Waals surface area contributed by atoms with Gasteiger partial charge in [0.15, 0.2) is 0 Å². The average molecular weight is 251 g/mol. The number of aryl methyl sites for hydroxylation is 2. The van der Waals surface area contributed by atoms with Crippen molar-refractivity contribution in [2.75, 3.05) is 0 Å². The molecule has 92 valence electrons. The van der Waals surface area contributed by atoms with E-state index in [-0.39, 0.29) is 6.04 Å². The largest absolute Gasteiger partial charge is 0.275 e. The van der Waals surface area contributed by atoms with E-state index < -0.39 is 0 Å². The molecule has 1 atom stereocenters. The number of hydrazine groups is 1. The summed E-state index contributed by atoms with van der Waals surface area (Å²) >= 11 is 1.65. The highest BCUT2D eigenvalue weighted by atomic mass is 32.1. The first kappa shape index (κ1) is 12.2. The van der Waals surface area contributed by atoms with Crippen LogP contribution in [0.1, 0.15) is 29.2 Å². The molecule has 17 heavy (non-hydrogen) atoms. The van der Waals surface area contributed by atoms with Crippen LogP contribution in [-0.4, -0.2) is 14.8 Å². The van der Waals surface area contributed by atoms with Crippen LogP contribution in [0.5, 0.6) is 0 Å². The second kappa shape index (κ2) is 5.39. The smallest absolute Gasteiger partial charge is 0.0944 e. The van der Waals surface area contributed by atoms with Crippen LogP contribution in [-0.2, 0) is 19.9 Å². The molecule has 2 aromatic rings. The molecule has 0 aliphatic rings. The normalized spacial score (nSPS) is 12.9. The fourth-order valence-corrected chi connectivity index (χ4v) is 2.57. The Morgan fingerprint density at radius 2 is 2.41 bits per heavy atom. The third kappa shape index (κ3) is 2.71. The predicted molar refractivity (Wildman–Crippen MR) is 68.5 cm³/mol. The van der Waals surface area contributed by atoms with Gasteiger partial charge in [-0.05, 0) is 6.42 Å². The van der Waals surface area contributed by atoms with Gasteiger partial charge in [0.05, 0.1) is 16.7 Å². The quantitative estimate of drug-likeness (QED) is 0.618. The Morgan fingerprint density at radius 3 is 3.00 bits per heavy atom. The van der Waals surface area contributed by atoms with Crippen LogP contribution in [0, 0.1) is 0 Å². The molecular weight excluding hydrogens is 234 g/mol. The van der Waals surface area contributed by atoms with Gasteiger partial charge in [-0.25, -0.2) is 4.98 Å². The van der Waals surface area contributed by atoms with Gasteiger partial charge in [0.2, 0.25) is 0 Å². The highest BCUT2D eigenvalue weighted by molar-refractivity contribution is 7.09. The fraction of sp³-hybridized carbons (Fsp3) is 0.455. The molecular formula is C11H17N5S. The highest BCUT2D eigenvalue weighted by Gasteiger charge is 2.17. The van der Waals surface area contributed by atoms with Crippen LogP contribution in [0.2, 0.25) is 0 Å². The lowest BCUT2D eigenvalue weighted by atomic mass is 10.0. The van der Waals surface area contributed by atoms with E-state index in [2.05, 4.69) is 22.4 Å². The molecule has 2 aromatic heterocycles. The van der Waals surface area contributed by atoms with E-state index in [1.165, 1.54) is 0 Å². The maximum Gasteiger partial charge on any atom is 0.0944 e. The molecule has 3 N–H and O–H groups in total. The molecule has 0 aliphatic heterocycles. The molecule has 0 amide bonds. The molecule has 0 bridgehead atoms. The number of aromatic nitrogens is 3. The number of hydrogen-bond acceptors (Lipinski definition) is 5. The molecule has 2 heterocycles. The average Bonchev–Trinajstić information content (AvgIpc) is 2.94. The predicted octanol–water partition coefficient (Wildman–Crippen LogP) is 1.19. The zero-order valence-corrected chi connectivity index (χ0v) is 10.9. The second-order valence-electron chi connectivity index (χ2n) is 3.91. The number of nitrogens with one attached hydrogen (secondary N) is 1. The fourth-order valence-electron chi connectivity index (χ4n) is 1.91. The molecule has 2 rings (SSSR count). The van der Waals surface area contributed by atoms with Crippen molar-refractivity contribution >= 4 is 11.3 Å². The maximum atomic E-state index is 5.64. The second-order valence-corrected chi connectivity index (χ2v) is 4.89. The van der Waals surface area contributed by atoms with Crippen molar-refractivity contribution < 1.29 is 0 Å². The van der Waals surface area contributed by atoms with E-state index in [0.717, 1.165) is 29.1 Å². The molecule has 0 aliphatic carbocycles. The lowest BCUT2D eigenvalue weighted by molar-refractivity contribution is 0.546. The Balaban J connectivity index is 2.22. The minimum Gasteiger partial charge on any atom is -0.275 e. The summed E-state index contributed by atoms with van der Waals surface area (Å²) in [7, 11) is 1.93. The molecule has 0 aromatic carbocycles. The molecule has 0 spiro atoms. The minimum absolute atomic E-state index is 0.0739. The Bertz CT molecular complexity index is 462. The molecule has 0 fully saturated rings. The highest BCUT2D eigenvalue weighted by Crippen LogP contribution is 2.21. The molecule has 5 nitrogen and oxygen atoms in total. The molecule has 1 unspecified atom stereocenters. The Hall–Kier alpha value is -1.24. The van der Waals surface area contributed by atoms with Crippen LogP contribution in [0.25, 0.3) is 0 Å². The number of hydrogen-bond donors (Lipinski definition) is 2. The monoisotopic (exact) mass is 251 g/mol. The summed E-state index contributed by atoms with van der Waals surface area (Å²) in [5.41, 5.74) is 5.11. The van der Waals surface area contributed by atoms with Gasteiger partial charge in [0.1, 0.15) is 0 Å². The van der Waals surface area contributed by atoms with Gasteiger partial charge in [-0.3, -0.25) is 16.0 Å². The van der Waals surface area contributed by atoms with Gasteiger partial charge in [-0.15, -0.1) is 11.3 Å². The number of nitrogens with zero attached hydrogens (tertiary/aromatic N) is 3. The summed E-state index contributed by atoms with van der Waals surface area (Å²) in [5.74, 6) is 5.64. The Morgan fingerprint density at radius 1 is 1.59 bits per heavy atom. The zero-order chi connectivity index (χ0) is 12.3. The summed E-state index contributed by atoms with van der Waals surface area (Å²) in [4.78, 5) is 4.29. The van der Waals surface area contributed by atoms with Crippen LogP contribution >= 0.6 is 11.3 Å². The van der Waals surface area contributed by atoms with Crippen molar-refractivity contribution in [3.05, 3.63) is 34.0 Å². The lowest BCUT2D eigenvalue weighted by Crippen LogP contribution is -2.30. The number of nitrogens with two attached hydrogens (primary N) is 1. The Kier molecular flexibility index (Phi) is 3.88. The zero-order valence-electron chi connectivity index (χ0n) is 10.1. The summed E-state index contributed by atoms with van der Waals surface area (Å²) in [6.45, 7) is 2.10. The molecule has 0 radical (unpaired) electrons. The summed E-state index contributed by atoms with van der Waals surface area (Å²) < 4.78 is 1.83. The van der Waals surface area contributed by atoms with E-state index in [1.54, 1.807) is 11.3 Å². The lowest BCUT2D eigenvalue weighted by Gasteiger charge is -2.14. The van der Waals surface area contributed by atoms with Gasteiger partial charge in [-0.1, -0.05) is 6.92 Å². The summed E-state index contributed by atoms with van der Waals surface area (Å²) in [6, 6.07) is 0.0739. The van der Waals surface area contributed by atoms with Crippen molar-refractivity contribution in [3.63, 3.8) is 0 Å². The van der Waals surface area contributed by atoms with E-state index in [4.69, 9.17) is 5.84 Å². The van der Waals surface area contributed by atoms with E-state index in [1.807, 2.05) is 29.5 Å². The number of rotatable bonds is 5. The van der Waals surface area contributed by atoms with Crippen LogP contribution in [0.4, 0.5) is 0 Å². The third-order valence-electron chi connectivity index (χ3n) is 2.71. The van der Waals surface area contributed by atoms with Gasteiger partial charge in [0.25, 0.3) is 0 Å². The van der Waals surface area contributed by atoms with Gasteiger partial charge in [0, 0.05) is 36.8 Å². The van der Waals surface area contributed by atoms with Crippen LogP contribution in [0.15, 0.2) is 17.8 Å². The van der Waals surface area contributed by atoms with Crippen LogP contribution < -0.4 is 11.3 Å². The SMILES string of the molecule is CCc1nn(C)cc1C(Cc1nccs1)NN. The molecule has 6 heteroatoms. The van der Waals surface area contributed by atoms with Crippen LogP contribution in [0.3, 0.4) is 0 Å². The summed E-state index contributed by atoms with van der Waals surface area (Å²) in [5, 5.41) is 7.49. The van der Waals surface area contributed by atoms with Gasteiger partial charge < -0.3 is 0 Å². The number of thiazole rings is 1. The van der Waals surface area contributed by atoms with Crippen molar-refractivity contribution in [3.8, 4) is 0 Å². The topological polar surface area (TPSA) is 68.8 Å². The molecule has 0 saturated carbocycles. The molecule has 0 saturated heterocycles. The first-order valence-electron chi connectivity index (χ1n) is 5.61. The van der Waals surface area contributed by atoms with Gasteiger partial charge >= 0.3 is 0 Å². The van der Waals surface area contributed by atoms with Crippen molar-refractivity contribution in [2.45, 2.75) is 25.8 Å². The van der Waals surface area contributed by atoms with Crippen molar-refractivity contribution in [2.24, 2.45) is 12.9 Å². The minimum atomic E-state index is 0.0739. The van der Waals surface area contributed by atoms with Gasteiger partial charge in [-0.2, -0.15) is 5.10 Å².